The summed E-state index contributed by atoms with van der Waals surface area (Å²) in [7, 11) is 1.84. The Labute approximate surface area is 105 Å². The molecule has 1 aromatic carbocycles. The summed E-state index contributed by atoms with van der Waals surface area (Å²) < 4.78 is 5.50. The highest BCUT2D eigenvalue weighted by atomic mass is 16.5. The number of rotatable bonds is 2. The Kier molecular flexibility index (Phi) is 2.59. The summed E-state index contributed by atoms with van der Waals surface area (Å²) >= 11 is 0. The van der Waals surface area contributed by atoms with Gasteiger partial charge in [-0.2, -0.15) is 0 Å². The third kappa shape index (κ3) is 1.77. The first-order valence-corrected chi connectivity index (χ1v) is 5.93. The molecule has 0 saturated carbocycles. The Morgan fingerprint density at radius 2 is 2.17 bits per heavy atom. The minimum atomic E-state index is 0.660. The van der Waals surface area contributed by atoms with E-state index in [-0.39, 0.29) is 0 Å². The van der Waals surface area contributed by atoms with Crippen LogP contribution in [0.5, 0.6) is 5.75 Å². The van der Waals surface area contributed by atoms with Crippen LogP contribution < -0.4 is 10.1 Å². The summed E-state index contributed by atoms with van der Waals surface area (Å²) in [6, 6.07) is 6.08. The summed E-state index contributed by atoms with van der Waals surface area (Å²) in [5, 5.41) is 11.3. The Morgan fingerprint density at radius 3 is 3.00 bits per heavy atom. The maximum atomic E-state index is 5.50. The summed E-state index contributed by atoms with van der Waals surface area (Å²) in [6.45, 7) is 2.59. The van der Waals surface area contributed by atoms with Crippen molar-refractivity contribution >= 4 is 5.82 Å². The van der Waals surface area contributed by atoms with Crippen molar-refractivity contribution in [2.45, 2.75) is 13.3 Å². The van der Waals surface area contributed by atoms with Gasteiger partial charge in [-0.15, -0.1) is 10.2 Å². The van der Waals surface area contributed by atoms with E-state index in [4.69, 9.17) is 4.74 Å². The fourth-order valence-electron chi connectivity index (χ4n) is 2.11. The third-order valence-corrected chi connectivity index (χ3v) is 2.99. The Balaban J connectivity index is 2.09. The van der Waals surface area contributed by atoms with E-state index in [0.29, 0.717) is 5.82 Å². The van der Waals surface area contributed by atoms with Crippen LogP contribution in [-0.2, 0) is 6.42 Å². The van der Waals surface area contributed by atoms with E-state index < -0.39 is 0 Å². The number of hydrogen-bond acceptors (Lipinski definition) is 5. The van der Waals surface area contributed by atoms with Crippen LogP contribution in [0.1, 0.15) is 11.4 Å². The summed E-state index contributed by atoms with van der Waals surface area (Å²) in [6.07, 6.45) is 0.949. The molecule has 18 heavy (non-hydrogen) atoms. The number of ether oxygens (including phenoxy) is 1. The van der Waals surface area contributed by atoms with Gasteiger partial charge in [0, 0.05) is 19.0 Å². The van der Waals surface area contributed by atoms with Crippen LogP contribution in [0, 0.1) is 6.92 Å². The second-order valence-electron chi connectivity index (χ2n) is 4.23. The fraction of sp³-hybridized carbons (Fsp3) is 0.308. The predicted molar refractivity (Wildman–Crippen MR) is 68.7 cm³/mol. The van der Waals surface area contributed by atoms with Gasteiger partial charge >= 0.3 is 0 Å². The molecule has 5 heteroatoms. The van der Waals surface area contributed by atoms with Gasteiger partial charge in [0.25, 0.3) is 0 Å². The van der Waals surface area contributed by atoms with Gasteiger partial charge in [0.1, 0.15) is 17.3 Å². The van der Waals surface area contributed by atoms with Gasteiger partial charge in [0.2, 0.25) is 0 Å². The number of aryl methyl sites for hydroxylation is 1. The van der Waals surface area contributed by atoms with Crippen molar-refractivity contribution in [1.82, 2.24) is 15.2 Å². The Bertz CT molecular complexity index is 598. The zero-order chi connectivity index (χ0) is 12.5. The largest absolute Gasteiger partial charge is 0.493 e. The van der Waals surface area contributed by atoms with Gasteiger partial charge in [0.05, 0.1) is 6.61 Å². The van der Waals surface area contributed by atoms with E-state index in [9.17, 15) is 0 Å². The van der Waals surface area contributed by atoms with Crippen molar-refractivity contribution < 1.29 is 4.74 Å². The van der Waals surface area contributed by atoms with Crippen molar-refractivity contribution in [3.63, 3.8) is 0 Å². The van der Waals surface area contributed by atoms with Crippen molar-refractivity contribution in [1.29, 1.82) is 0 Å². The lowest BCUT2D eigenvalue weighted by Gasteiger charge is -2.08. The van der Waals surface area contributed by atoms with Gasteiger partial charge < -0.3 is 10.1 Å². The molecule has 1 N–H and O–H groups in total. The molecular formula is C13H14N4O. The molecule has 1 aliphatic heterocycles. The molecule has 0 fully saturated rings. The molecule has 0 atom stereocenters. The lowest BCUT2D eigenvalue weighted by Crippen LogP contribution is -2.02. The van der Waals surface area contributed by atoms with Gasteiger partial charge in [0.15, 0.2) is 5.82 Å². The van der Waals surface area contributed by atoms with E-state index >= 15 is 0 Å². The highest BCUT2D eigenvalue weighted by Gasteiger charge is 2.15. The fourth-order valence-corrected chi connectivity index (χ4v) is 2.11. The van der Waals surface area contributed by atoms with Crippen molar-refractivity contribution in [2.75, 3.05) is 19.0 Å². The van der Waals surface area contributed by atoms with E-state index in [0.717, 1.165) is 35.9 Å². The topological polar surface area (TPSA) is 59.9 Å². The maximum absolute atomic E-state index is 5.50. The number of benzene rings is 1. The molecule has 92 valence electrons. The molecule has 2 heterocycles. The van der Waals surface area contributed by atoms with Gasteiger partial charge in [-0.25, -0.2) is 4.98 Å². The minimum Gasteiger partial charge on any atom is -0.493 e. The van der Waals surface area contributed by atoms with Crippen LogP contribution in [0.25, 0.3) is 11.3 Å². The summed E-state index contributed by atoms with van der Waals surface area (Å²) in [4.78, 5) is 4.35. The van der Waals surface area contributed by atoms with Crippen LogP contribution in [0.2, 0.25) is 0 Å². The van der Waals surface area contributed by atoms with Crippen LogP contribution in [0.3, 0.4) is 0 Å². The molecule has 0 aliphatic carbocycles. The Hall–Kier alpha value is -2.17. The average molecular weight is 242 g/mol. The molecule has 2 aromatic rings. The zero-order valence-corrected chi connectivity index (χ0v) is 10.4. The van der Waals surface area contributed by atoms with Crippen molar-refractivity contribution in [3.05, 3.63) is 29.6 Å². The normalized spacial score (nSPS) is 13.0. The summed E-state index contributed by atoms with van der Waals surface area (Å²) in [5.74, 6) is 2.38. The molecular weight excluding hydrogens is 228 g/mol. The molecule has 5 nitrogen and oxygen atoms in total. The highest BCUT2D eigenvalue weighted by molar-refractivity contribution is 5.72. The summed E-state index contributed by atoms with van der Waals surface area (Å²) in [5.41, 5.74) is 3.01. The molecule has 0 unspecified atom stereocenters. The van der Waals surface area contributed by atoms with E-state index in [1.807, 2.05) is 26.1 Å². The van der Waals surface area contributed by atoms with Crippen LogP contribution in [-0.4, -0.2) is 28.8 Å². The minimum absolute atomic E-state index is 0.660. The number of aromatic nitrogens is 3. The van der Waals surface area contributed by atoms with Crippen molar-refractivity contribution in [2.24, 2.45) is 0 Å². The molecule has 0 saturated heterocycles. The monoisotopic (exact) mass is 242 g/mol. The molecule has 1 aliphatic rings. The average Bonchev–Trinajstić information content (AvgIpc) is 2.85. The van der Waals surface area contributed by atoms with E-state index in [2.05, 4.69) is 26.6 Å². The lowest BCUT2D eigenvalue weighted by molar-refractivity contribution is 0.357. The maximum Gasteiger partial charge on any atom is 0.156 e. The third-order valence-electron chi connectivity index (χ3n) is 2.99. The van der Waals surface area contributed by atoms with Crippen LogP contribution in [0.4, 0.5) is 5.82 Å². The molecule has 0 radical (unpaired) electrons. The number of anilines is 1. The van der Waals surface area contributed by atoms with Crippen LogP contribution >= 0.6 is 0 Å². The lowest BCUT2D eigenvalue weighted by atomic mass is 10.1. The smallest absolute Gasteiger partial charge is 0.156 e. The first-order chi connectivity index (χ1) is 8.78. The number of nitrogens with one attached hydrogen (secondary N) is 1. The van der Waals surface area contributed by atoms with Gasteiger partial charge in [-0.05, 0) is 30.7 Å². The van der Waals surface area contributed by atoms with E-state index in [1.165, 1.54) is 5.56 Å². The molecule has 1 aromatic heterocycles. The van der Waals surface area contributed by atoms with Crippen molar-refractivity contribution in [3.8, 4) is 17.0 Å². The number of hydrogen-bond donors (Lipinski definition) is 1. The molecule has 3 rings (SSSR count). The first kappa shape index (κ1) is 11.0. The SMILES string of the molecule is CNc1nc(C)nnc1-c1ccc2c(c1)CCO2. The second-order valence-corrected chi connectivity index (χ2v) is 4.23. The second kappa shape index (κ2) is 4.25. The zero-order valence-electron chi connectivity index (χ0n) is 10.4. The molecule has 0 spiro atoms. The molecule has 0 bridgehead atoms. The van der Waals surface area contributed by atoms with Gasteiger partial charge in [-0.3, -0.25) is 0 Å². The van der Waals surface area contributed by atoms with Crippen LogP contribution in [0.15, 0.2) is 18.2 Å². The van der Waals surface area contributed by atoms with E-state index in [1.54, 1.807) is 0 Å². The predicted octanol–water partition coefficient (Wildman–Crippen LogP) is 1.82. The first-order valence-electron chi connectivity index (χ1n) is 5.93. The number of fused-ring (bicyclic) bond motifs is 1. The number of nitrogens with zero attached hydrogens (tertiary/aromatic N) is 3. The quantitative estimate of drug-likeness (QED) is 0.870. The Morgan fingerprint density at radius 1 is 1.28 bits per heavy atom. The van der Waals surface area contributed by atoms with Gasteiger partial charge in [-0.1, -0.05) is 0 Å². The molecule has 0 amide bonds. The standard InChI is InChI=1S/C13H14N4O/c1-8-15-13(14-2)12(17-16-8)10-3-4-11-9(7-10)5-6-18-11/h3-4,7H,5-6H2,1-2H3,(H,14,15,16). The highest BCUT2D eigenvalue weighted by Crippen LogP contribution is 2.31.